The molecule has 0 amide bonds. The van der Waals surface area contributed by atoms with Gasteiger partial charge in [0, 0.05) is 6.42 Å². The molecule has 0 saturated carbocycles. The second-order valence-electron chi connectivity index (χ2n) is 8.20. The van der Waals surface area contributed by atoms with E-state index in [4.69, 9.17) is 40.6 Å². The van der Waals surface area contributed by atoms with E-state index in [0.717, 1.165) is 38.6 Å². The Labute approximate surface area is 208 Å². The van der Waals surface area contributed by atoms with Gasteiger partial charge < -0.3 is 32.2 Å². The summed E-state index contributed by atoms with van der Waals surface area (Å²) in [6, 6.07) is 0. The van der Waals surface area contributed by atoms with E-state index in [1.54, 1.807) is 4.57 Å². The summed E-state index contributed by atoms with van der Waals surface area (Å²) < 4.78 is 41.7. The zero-order valence-electron chi connectivity index (χ0n) is 19.4. The maximum Gasteiger partial charge on any atom is 0.167 e. The van der Waals surface area contributed by atoms with Crippen molar-refractivity contribution in [1.29, 1.82) is 0 Å². The minimum absolute atomic E-state index is 0.00897. The van der Waals surface area contributed by atoms with Gasteiger partial charge in [-0.1, -0.05) is 6.42 Å². The number of fused-ring (bicyclic) bond motifs is 1. The van der Waals surface area contributed by atoms with E-state index in [1.807, 2.05) is 0 Å². The Hall–Kier alpha value is -1.37. The van der Waals surface area contributed by atoms with Crippen molar-refractivity contribution in [3.8, 4) is 0 Å². The number of halogens is 1. The van der Waals surface area contributed by atoms with Crippen LogP contribution in [-0.4, -0.2) is 78.4 Å². The number of nitrogen functional groups attached to an aromatic ring is 1. The molecule has 35 heavy (non-hydrogen) atoms. The third-order valence-corrected chi connectivity index (χ3v) is 8.18. The quantitative estimate of drug-likeness (QED) is 0.132. The van der Waals surface area contributed by atoms with Gasteiger partial charge in [0.15, 0.2) is 17.7 Å². The molecule has 2 aromatic heterocycles. The standard InChI is InChI=1S/C19H34N7O3S.ClHO4/c1-30(12(6-8-21)5-3-2-4-7-20)9-13-15(27)16(28)19(29-13)26-11-25-14-17(22)23-10-24-18(14)26;2-1(3,4)5/h10-13,15-16,19,27-28H,2-9,20-21H2,1H3,(H2,22,23,24);(H,2,3,4,5)/q+1;/p-1/t12?,13-,15-,16-,19+,30?;/m1./s1. The Kier molecular flexibility index (Phi) is 11.8. The molecule has 0 radical (unpaired) electrons. The maximum atomic E-state index is 10.7. The number of anilines is 1. The van der Waals surface area contributed by atoms with E-state index < -0.39 is 34.8 Å². The highest BCUT2D eigenvalue weighted by atomic mass is 35.7. The zero-order chi connectivity index (χ0) is 26.2. The number of unbranched alkanes of at least 4 members (excludes halogenated alkanes) is 2. The molecule has 6 atom stereocenters. The summed E-state index contributed by atoms with van der Waals surface area (Å²) in [5.41, 5.74) is 18.2. The molecule has 0 bridgehead atoms. The number of imidazole rings is 1. The highest BCUT2D eigenvalue weighted by molar-refractivity contribution is 7.96. The highest BCUT2D eigenvalue weighted by Gasteiger charge is 2.47. The minimum atomic E-state index is -4.94. The third kappa shape index (κ3) is 8.91. The first kappa shape index (κ1) is 29.9. The van der Waals surface area contributed by atoms with Crippen LogP contribution in [0.15, 0.2) is 12.7 Å². The topological polar surface area (TPSA) is 264 Å². The van der Waals surface area contributed by atoms with Crippen molar-refractivity contribution in [2.75, 3.05) is 30.8 Å². The van der Waals surface area contributed by atoms with Crippen molar-refractivity contribution in [2.24, 2.45) is 11.5 Å². The van der Waals surface area contributed by atoms with Gasteiger partial charge in [0.25, 0.3) is 0 Å². The predicted molar refractivity (Wildman–Crippen MR) is 119 cm³/mol. The van der Waals surface area contributed by atoms with Crippen LogP contribution in [0.5, 0.6) is 0 Å². The average Bonchev–Trinajstić information content (AvgIpc) is 3.32. The molecular formula is C19H34ClN7O7S. The second kappa shape index (κ2) is 13.8. The van der Waals surface area contributed by atoms with E-state index >= 15 is 0 Å². The van der Waals surface area contributed by atoms with Crippen molar-refractivity contribution in [2.45, 2.75) is 61.9 Å². The lowest BCUT2D eigenvalue weighted by atomic mass is 10.1. The lowest BCUT2D eigenvalue weighted by Gasteiger charge is -2.20. The molecule has 1 fully saturated rings. The van der Waals surface area contributed by atoms with E-state index in [0.29, 0.717) is 28.7 Å². The summed E-state index contributed by atoms with van der Waals surface area (Å²) >= 11 is 0. The van der Waals surface area contributed by atoms with Crippen LogP contribution in [0.25, 0.3) is 11.2 Å². The summed E-state index contributed by atoms with van der Waals surface area (Å²) in [4.78, 5) is 12.4. The molecule has 3 heterocycles. The number of ether oxygens (including phenoxy) is 1. The molecule has 8 N–H and O–H groups in total. The first-order valence-corrected chi connectivity index (χ1v) is 14.2. The summed E-state index contributed by atoms with van der Waals surface area (Å²) in [5.74, 6) is 0.928. The minimum Gasteiger partial charge on any atom is -0.387 e. The van der Waals surface area contributed by atoms with Crippen LogP contribution in [0.1, 0.15) is 38.3 Å². The molecule has 14 nitrogen and oxygen atoms in total. The Balaban J connectivity index is 0.000000784. The fourth-order valence-electron chi connectivity index (χ4n) is 3.97. The van der Waals surface area contributed by atoms with E-state index in [2.05, 4.69) is 21.2 Å². The van der Waals surface area contributed by atoms with Crippen molar-refractivity contribution in [3.05, 3.63) is 12.7 Å². The van der Waals surface area contributed by atoms with Crippen molar-refractivity contribution < 1.29 is 43.8 Å². The lowest BCUT2D eigenvalue weighted by molar-refractivity contribution is -2.00. The van der Waals surface area contributed by atoms with Crippen LogP contribution in [0.2, 0.25) is 0 Å². The molecule has 1 aliphatic heterocycles. The molecular weight excluding hydrogens is 506 g/mol. The molecule has 3 rings (SSSR count). The number of nitrogens with zero attached hydrogens (tertiary/aromatic N) is 4. The summed E-state index contributed by atoms with van der Waals surface area (Å²) in [5, 5.41) is 21.8. The van der Waals surface area contributed by atoms with Gasteiger partial charge in [0.2, 0.25) is 0 Å². The lowest BCUT2D eigenvalue weighted by Crippen LogP contribution is -2.68. The van der Waals surface area contributed by atoms with Crippen LogP contribution >= 0.6 is 0 Å². The fraction of sp³-hybridized carbons (Fsp3) is 0.737. The zero-order valence-corrected chi connectivity index (χ0v) is 21.0. The number of aliphatic hydroxyl groups is 2. The Morgan fingerprint density at radius 1 is 1.06 bits per heavy atom. The predicted octanol–water partition coefficient (Wildman–Crippen LogP) is -5.24. The van der Waals surface area contributed by atoms with Gasteiger partial charge in [-0.15, -0.1) is 10.2 Å². The molecule has 0 aromatic carbocycles. The first-order valence-electron chi connectivity index (χ1n) is 11.1. The smallest absolute Gasteiger partial charge is 0.167 e. The molecule has 16 heteroatoms. The van der Waals surface area contributed by atoms with Crippen LogP contribution in [0, 0.1) is 10.2 Å². The van der Waals surface area contributed by atoms with Crippen molar-refractivity contribution >= 4 is 27.9 Å². The molecule has 1 saturated heterocycles. The van der Waals surface area contributed by atoms with E-state index in [9.17, 15) is 10.2 Å². The van der Waals surface area contributed by atoms with Crippen LogP contribution < -0.4 is 35.8 Å². The summed E-state index contributed by atoms with van der Waals surface area (Å²) in [6.07, 6.45) is 7.05. The Bertz CT molecular complexity index is 900. The monoisotopic (exact) mass is 539 g/mol. The van der Waals surface area contributed by atoms with Gasteiger partial charge >= 0.3 is 0 Å². The number of hydrogen-bond donors (Lipinski definition) is 5. The molecule has 0 aliphatic carbocycles. The fourth-order valence-corrected chi connectivity index (χ4v) is 6.15. The number of aliphatic hydroxyl groups excluding tert-OH is 2. The first-order chi connectivity index (χ1) is 16.5. The number of rotatable bonds is 11. The average molecular weight is 540 g/mol. The Morgan fingerprint density at radius 3 is 2.37 bits per heavy atom. The SMILES string of the molecule is C[S+](C[C@H]1O[C@H](n2cnc3c(N)ncnc32)[C@H](O)[C@@H]1O)C(CCN)CCCCCN.[O-][Cl+3]([O-])([O-])[O-]. The normalized spacial score (nSPS) is 24.3. The third-order valence-electron chi connectivity index (χ3n) is 5.71. The molecule has 2 aromatic rings. The summed E-state index contributed by atoms with van der Waals surface area (Å²) in [7, 11) is -4.95. The number of hydrogen-bond acceptors (Lipinski definition) is 13. The second-order valence-corrected chi connectivity index (χ2v) is 11.3. The van der Waals surface area contributed by atoms with Crippen LogP contribution in [-0.2, 0) is 15.6 Å². The summed E-state index contributed by atoms with van der Waals surface area (Å²) in [6.45, 7) is 1.36. The number of aromatic nitrogens is 4. The maximum absolute atomic E-state index is 10.7. The molecule has 2 unspecified atom stereocenters. The van der Waals surface area contributed by atoms with Crippen molar-refractivity contribution in [3.63, 3.8) is 0 Å². The molecule has 1 aliphatic rings. The van der Waals surface area contributed by atoms with Gasteiger partial charge in [-0.2, -0.15) is 0 Å². The number of nitrogens with two attached hydrogens (primary N) is 3. The van der Waals surface area contributed by atoms with Gasteiger partial charge in [0.05, 0.1) is 12.6 Å². The van der Waals surface area contributed by atoms with Crippen LogP contribution in [0.4, 0.5) is 5.82 Å². The largest absolute Gasteiger partial charge is 0.387 e. The van der Waals surface area contributed by atoms with Crippen molar-refractivity contribution in [1.82, 2.24) is 19.5 Å². The van der Waals surface area contributed by atoms with Gasteiger partial charge in [-0.05, 0) is 43.2 Å². The molecule has 0 spiro atoms. The van der Waals surface area contributed by atoms with E-state index in [1.165, 1.54) is 12.7 Å². The molecule has 200 valence electrons. The van der Waals surface area contributed by atoms with Gasteiger partial charge in [-0.3, -0.25) is 4.57 Å². The highest BCUT2D eigenvalue weighted by Crippen LogP contribution is 2.33. The Morgan fingerprint density at radius 2 is 1.74 bits per heavy atom. The van der Waals surface area contributed by atoms with E-state index in [-0.39, 0.29) is 16.7 Å². The van der Waals surface area contributed by atoms with Crippen LogP contribution in [0.3, 0.4) is 0 Å². The van der Waals surface area contributed by atoms with Gasteiger partial charge in [0.1, 0.15) is 41.2 Å². The van der Waals surface area contributed by atoms with Gasteiger partial charge in [-0.25, -0.2) is 33.6 Å².